The van der Waals surface area contributed by atoms with E-state index in [1.54, 1.807) is 48.5 Å². The molecule has 0 aliphatic carbocycles. The quantitative estimate of drug-likeness (QED) is 0.677. The van der Waals surface area contributed by atoms with Crippen molar-refractivity contribution in [3.05, 3.63) is 84.2 Å². The number of fused-ring (bicyclic) bond motifs is 1. The molecule has 2 amide bonds. The maximum atomic E-state index is 14.1. The van der Waals surface area contributed by atoms with E-state index in [9.17, 15) is 14.0 Å². The lowest BCUT2D eigenvalue weighted by atomic mass is 10.1. The van der Waals surface area contributed by atoms with Gasteiger partial charge in [0.1, 0.15) is 17.3 Å². The molecule has 0 saturated heterocycles. The topological polar surface area (TPSA) is 67.9 Å². The van der Waals surface area contributed by atoms with Crippen LogP contribution in [0.5, 0.6) is 11.5 Å². The highest BCUT2D eigenvalue weighted by atomic mass is 19.1. The number of hydrogen-bond acceptors (Lipinski definition) is 4. The lowest BCUT2D eigenvalue weighted by Gasteiger charge is -2.30. The van der Waals surface area contributed by atoms with E-state index in [0.717, 1.165) is 0 Å². The Balaban J connectivity index is 1.49. The number of para-hydroxylation sites is 1. The molecule has 6 nitrogen and oxygen atoms in total. The molecule has 1 heterocycles. The average molecular weight is 406 g/mol. The molecule has 3 aromatic carbocycles. The number of amides is 2. The number of nitrogens with one attached hydrogen (secondary N) is 1. The molecule has 0 atom stereocenters. The molecular weight excluding hydrogens is 387 g/mol. The molecule has 1 N–H and O–H groups in total. The molecule has 0 saturated carbocycles. The first-order valence-electron chi connectivity index (χ1n) is 9.38. The molecule has 0 spiro atoms. The number of anilines is 2. The number of hydrogen-bond donors (Lipinski definition) is 1. The Morgan fingerprint density at radius 3 is 2.63 bits per heavy atom. The zero-order valence-electron chi connectivity index (χ0n) is 16.0. The van der Waals surface area contributed by atoms with E-state index in [0.29, 0.717) is 28.4 Å². The summed E-state index contributed by atoms with van der Waals surface area (Å²) < 4.78 is 25.0. The third kappa shape index (κ3) is 4.41. The van der Waals surface area contributed by atoms with Gasteiger partial charge in [-0.15, -0.1) is 0 Å². The third-order valence-corrected chi connectivity index (χ3v) is 4.59. The maximum absolute atomic E-state index is 14.1. The van der Waals surface area contributed by atoms with Crippen molar-refractivity contribution in [2.24, 2.45) is 0 Å². The van der Waals surface area contributed by atoms with Crippen molar-refractivity contribution in [2.45, 2.75) is 6.54 Å². The van der Waals surface area contributed by atoms with Crippen molar-refractivity contribution in [2.75, 3.05) is 23.4 Å². The highest BCUT2D eigenvalue weighted by molar-refractivity contribution is 5.99. The van der Waals surface area contributed by atoms with E-state index >= 15 is 0 Å². The van der Waals surface area contributed by atoms with Crippen molar-refractivity contribution in [3.8, 4) is 11.5 Å². The summed E-state index contributed by atoms with van der Waals surface area (Å²) in [7, 11) is 0. The second-order valence-electron chi connectivity index (χ2n) is 6.69. The van der Waals surface area contributed by atoms with Crippen LogP contribution in [0.15, 0.2) is 72.8 Å². The SMILES string of the molecule is O=C(COc1ccccc1)Nc1ccc2c(c1)N(Cc1ccccc1F)C(=O)CO2. The first kappa shape index (κ1) is 19.4. The Kier molecular flexibility index (Phi) is 5.61. The fourth-order valence-electron chi connectivity index (χ4n) is 3.11. The summed E-state index contributed by atoms with van der Waals surface area (Å²) in [5.41, 5.74) is 1.34. The molecule has 4 rings (SSSR count). The van der Waals surface area contributed by atoms with Crippen molar-refractivity contribution >= 4 is 23.2 Å². The van der Waals surface area contributed by atoms with Gasteiger partial charge < -0.3 is 19.7 Å². The standard InChI is InChI=1S/C23H19FN2O4/c24-19-9-5-4-6-16(19)13-26-20-12-17(10-11-21(20)30-15-23(26)28)25-22(27)14-29-18-7-2-1-3-8-18/h1-12H,13-15H2,(H,25,27). The molecule has 0 radical (unpaired) electrons. The van der Waals surface area contributed by atoms with Crippen LogP contribution in [0.1, 0.15) is 5.56 Å². The number of rotatable bonds is 6. The van der Waals surface area contributed by atoms with Crippen LogP contribution in [-0.2, 0) is 16.1 Å². The van der Waals surface area contributed by atoms with Gasteiger partial charge in [-0.1, -0.05) is 36.4 Å². The van der Waals surface area contributed by atoms with Crippen LogP contribution >= 0.6 is 0 Å². The Labute approximate surface area is 172 Å². The number of carbonyl (C=O) groups is 2. The maximum Gasteiger partial charge on any atom is 0.265 e. The van der Waals surface area contributed by atoms with E-state index in [4.69, 9.17) is 9.47 Å². The van der Waals surface area contributed by atoms with E-state index in [-0.39, 0.29) is 37.4 Å². The number of halogens is 1. The lowest BCUT2D eigenvalue weighted by molar-refractivity contribution is -0.121. The van der Waals surface area contributed by atoms with Gasteiger partial charge in [-0.3, -0.25) is 9.59 Å². The summed E-state index contributed by atoms with van der Waals surface area (Å²) >= 11 is 0. The molecule has 0 fully saturated rings. The molecule has 3 aromatic rings. The van der Waals surface area contributed by atoms with Gasteiger partial charge in [-0.25, -0.2) is 4.39 Å². The Bertz CT molecular complexity index is 1070. The molecule has 1 aliphatic heterocycles. The number of benzene rings is 3. The van der Waals surface area contributed by atoms with Crippen LogP contribution < -0.4 is 19.7 Å². The summed E-state index contributed by atoms with van der Waals surface area (Å²) in [6.45, 7) is -0.218. The van der Waals surface area contributed by atoms with E-state index < -0.39 is 0 Å². The zero-order chi connectivity index (χ0) is 20.9. The van der Waals surface area contributed by atoms with Gasteiger partial charge in [0.25, 0.3) is 11.8 Å². The Morgan fingerprint density at radius 2 is 1.83 bits per heavy atom. The lowest BCUT2D eigenvalue weighted by Crippen LogP contribution is -2.38. The Morgan fingerprint density at radius 1 is 1.07 bits per heavy atom. The summed E-state index contributed by atoms with van der Waals surface area (Å²) in [4.78, 5) is 26.1. The van der Waals surface area contributed by atoms with Gasteiger partial charge >= 0.3 is 0 Å². The normalized spacial score (nSPS) is 12.7. The van der Waals surface area contributed by atoms with Crippen molar-refractivity contribution in [1.82, 2.24) is 0 Å². The third-order valence-electron chi connectivity index (χ3n) is 4.59. The van der Waals surface area contributed by atoms with Gasteiger partial charge in [0, 0.05) is 11.3 Å². The summed E-state index contributed by atoms with van der Waals surface area (Å²) in [5.74, 6) is 0.0580. The smallest absolute Gasteiger partial charge is 0.265 e. The molecule has 0 aromatic heterocycles. The molecule has 30 heavy (non-hydrogen) atoms. The Hall–Kier alpha value is -3.87. The van der Waals surface area contributed by atoms with E-state index in [2.05, 4.69) is 5.32 Å². The summed E-state index contributed by atoms with van der Waals surface area (Å²) in [6, 6.07) is 20.3. The fraction of sp³-hybridized carbons (Fsp3) is 0.130. The highest BCUT2D eigenvalue weighted by Gasteiger charge is 2.27. The van der Waals surface area contributed by atoms with Crippen molar-refractivity contribution in [1.29, 1.82) is 0 Å². The second-order valence-corrected chi connectivity index (χ2v) is 6.69. The predicted octanol–water partition coefficient (Wildman–Crippen LogP) is 3.77. The van der Waals surface area contributed by atoms with Gasteiger partial charge in [0.15, 0.2) is 13.2 Å². The number of carbonyl (C=O) groups excluding carboxylic acids is 2. The van der Waals surface area contributed by atoms with Crippen molar-refractivity contribution in [3.63, 3.8) is 0 Å². The largest absolute Gasteiger partial charge is 0.484 e. The van der Waals surface area contributed by atoms with Gasteiger partial charge in [0.05, 0.1) is 12.2 Å². The summed E-state index contributed by atoms with van der Waals surface area (Å²) in [5, 5.41) is 2.74. The van der Waals surface area contributed by atoms with Gasteiger partial charge in [-0.2, -0.15) is 0 Å². The van der Waals surface area contributed by atoms with E-state index in [1.807, 2.05) is 18.2 Å². The van der Waals surface area contributed by atoms with Crippen LogP contribution in [0.4, 0.5) is 15.8 Å². The molecule has 1 aliphatic rings. The van der Waals surface area contributed by atoms with Crippen LogP contribution in [0.25, 0.3) is 0 Å². The fourth-order valence-corrected chi connectivity index (χ4v) is 3.11. The van der Waals surface area contributed by atoms with Gasteiger partial charge in [0.2, 0.25) is 0 Å². The van der Waals surface area contributed by atoms with Crippen molar-refractivity contribution < 1.29 is 23.5 Å². The minimum absolute atomic E-state index is 0.0659. The average Bonchev–Trinajstić information content (AvgIpc) is 2.76. The van der Waals surface area contributed by atoms with Crippen LogP contribution in [0.3, 0.4) is 0 Å². The van der Waals surface area contributed by atoms with Crippen LogP contribution in [0.2, 0.25) is 0 Å². The molecular formula is C23H19FN2O4. The summed E-state index contributed by atoms with van der Waals surface area (Å²) in [6.07, 6.45) is 0. The minimum Gasteiger partial charge on any atom is -0.484 e. The second kappa shape index (κ2) is 8.65. The van der Waals surface area contributed by atoms with Crippen LogP contribution in [-0.4, -0.2) is 25.0 Å². The first-order valence-corrected chi connectivity index (χ1v) is 9.38. The monoisotopic (exact) mass is 406 g/mol. The number of nitrogens with zero attached hydrogens (tertiary/aromatic N) is 1. The highest BCUT2D eigenvalue weighted by Crippen LogP contribution is 2.35. The predicted molar refractivity (Wildman–Crippen MR) is 110 cm³/mol. The molecule has 7 heteroatoms. The van der Waals surface area contributed by atoms with Gasteiger partial charge in [-0.05, 0) is 36.4 Å². The molecule has 0 bridgehead atoms. The van der Waals surface area contributed by atoms with E-state index in [1.165, 1.54) is 11.0 Å². The zero-order valence-corrected chi connectivity index (χ0v) is 16.0. The van der Waals surface area contributed by atoms with Crippen LogP contribution in [0, 0.1) is 5.82 Å². The number of ether oxygens (including phenoxy) is 2. The minimum atomic E-state index is -0.388. The molecule has 152 valence electrons. The molecule has 0 unspecified atom stereocenters. The first-order chi connectivity index (χ1) is 14.6.